The van der Waals surface area contributed by atoms with Crippen LogP contribution in [0.15, 0.2) is 35.7 Å². The molecule has 4 nitrogen and oxygen atoms in total. The molecule has 1 aromatic carbocycles. The van der Waals surface area contributed by atoms with Gasteiger partial charge in [0.25, 0.3) is 0 Å². The summed E-state index contributed by atoms with van der Waals surface area (Å²) < 4.78 is 0. The van der Waals surface area contributed by atoms with Crippen molar-refractivity contribution in [3.05, 3.63) is 52.1 Å². The van der Waals surface area contributed by atoms with Gasteiger partial charge in [0.2, 0.25) is 0 Å². The molecule has 0 unspecified atom stereocenters. The van der Waals surface area contributed by atoms with Gasteiger partial charge in [-0.15, -0.1) is 11.3 Å². The molecule has 0 radical (unpaired) electrons. The third kappa shape index (κ3) is 3.01. The second-order valence-corrected chi connectivity index (χ2v) is 7.76. The molecule has 0 aliphatic carbocycles. The van der Waals surface area contributed by atoms with Crippen LogP contribution in [0.3, 0.4) is 0 Å². The highest BCUT2D eigenvalue weighted by Crippen LogP contribution is 2.39. The lowest BCUT2D eigenvalue weighted by molar-refractivity contribution is 0.0118. The maximum atomic E-state index is 11.1. The molecule has 130 valence electrons. The van der Waals surface area contributed by atoms with Crippen molar-refractivity contribution in [3.8, 4) is 0 Å². The number of rotatable bonds is 3. The lowest BCUT2D eigenvalue weighted by Crippen LogP contribution is -2.43. The summed E-state index contributed by atoms with van der Waals surface area (Å²) in [6.45, 7) is 3.56. The van der Waals surface area contributed by atoms with Crippen LogP contribution in [-0.4, -0.2) is 28.2 Å². The fourth-order valence-corrected chi connectivity index (χ4v) is 4.57. The summed E-state index contributed by atoms with van der Waals surface area (Å²) in [4.78, 5) is 12.7. The summed E-state index contributed by atoms with van der Waals surface area (Å²) >= 11 is 7.96. The second-order valence-electron chi connectivity index (χ2n) is 6.45. The van der Waals surface area contributed by atoms with Gasteiger partial charge in [0.15, 0.2) is 0 Å². The van der Waals surface area contributed by atoms with Crippen molar-refractivity contribution >= 4 is 39.0 Å². The molecular weight excluding hydrogens is 354 g/mol. The number of benzene rings is 1. The molecule has 6 heteroatoms. The Kier molecular flexibility index (Phi) is 4.40. The largest absolute Gasteiger partial charge is 0.385 e. The number of aromatic nitrogens is 2. The van der Waals surface area contributed by atoms with Gasteiger partial charge in [0.05, 0.1) is 11.0 Å². The monoisotopic (exact) mass is 373 g/mol. The van der Waals surface area contributed by atoms with E-state index in [1.54, 1.807) is 11.3 Å². The van der Waals surface area contributed by atoms with E-state index in [1.165, 1.54) is 0 Å². The quantitative estimate of drug-likeness (QED) is 0.739. The molecule has 0 bridgehead atoms. The smallest absolute Gasteiger partial charge is 0.141 e. The molecule has 0 amide bonds. The molecule has 0 saturated carbocycles. The number of fused-ring (bicyclic) bond motifs is 1. The lowest BCUT2D eigenvalue weighted by atomic mass is 9.84. The van der Waals surface area contributed by atoms with Crippen LogP contribution in [0.1, 0.15) is 31.2 Å². The highest BCUT2D eigenvalue weighted by molar-refractivity contribution is 7.16. The maximum Gasteiger partial charge on any atom is 0.141 e. The van der Waals surface area contributed by atoms with E-state index in [-0.39, 0.29) is 0 Å². The minimum absolute atomic E-state index is 0.633. The van der Waals surface area contributed by atoms with Crippen LogP contribution in [-0.2, 0) is 12.0 Å². The Labute approximate surface area is 156 Å². The topological polar surface area (TPSA) is 49.2 Å². The van der Waals surface area contributed by atoms with Gasteiger partial charge >= 0.3 is 0 Å². The number of aliphatic hydroxyl groups is 1. The first kappa shape index (κ1) is 16.8. The fraction of sp³-hybridized carbons (Fsp3) is 0.368. The van der Waals surface area contributed by atoms with Crippen LogP contribution >= 0.6 is 22.9 Å². The van der Waals surface area contributed by atoms with Crippen molar-refractivity contribution in [2.24, 2.45) is 0 Å². The Bertz CT molecular complexity index is 903. The molecule has 3 heterocycles. The Morgan fingerprint density at radius 2 is 1.96 bits per heavy atom. The zero-order chi connectivity index (χ0) is 17.4. The van der Waals surface area contributed by atoms with Crippen molar-refractivity contribution < 1.29 is 5.11 Å². The first-order valence-corrected chi connectivity index (χ1v) is 9.83. The van der Waals surface area contributed by atoms with Gasteiger partial charge in [-0.25, -0.2) is 9.97 Å². The molecule has 0 atom stereocenters. The zero-order valence-electron chi connectivity index (χ0n) is 14.1. The van der Waals surface area contributed by atoms with Gasteiger partial charge in [0.1, 0.15) is 16.5 Å². The molecule has 1 saturated heterocycles. The van der Waals surface area contributed by atoms with E-state index in [0.29, 0.717) is 17.9 Å². The van der Waals surface area contributed by atoms with Crippen LogP contribution in [0, 0.1) is 0 Å². The number of hydrogen-bond donors (Lipinski definition) is 1. The summed E-state index contributed by atoms with van der Waals surface area (Å²) in [5.41, 5.74) is -0.0441. The van der Waals surface area contributed by atoms with E-state index >= 15 is 0 Å². The molecule has 1 aliphatic rings. The molecule has 4 rings (SSSR count). The van der Waals surface area contributed by atoms with Crippen LogP contribution in [0.5, 0.6) is 0 Å². The first-order valence-electron chi connectivity index (χ1n) is 8.57. The summed E-state index contributed by atoms with van der Waals surface area (Å²) in [5.74, 6) is 1.86. The highest BCUT2D eigenvalue weighted by atomic mass is 35.5. The number of halogens is 1. The fourth-order valence-electron chi connectivity index (χ4n) is 3.48. The van der Waals surface area contributed by atoms with Gasteiger partial charge in [-0.1, -0.05) is 36.7 Å². The number of piperidine rings is 1. The summed E-state index contributed by atoms with van der Waals surface area (Å²) in [5, 5.41) is 14.9. The van der Waals surface area contributed by atoms with Crippen molar-refractivity contribution in [2.75, 3.05) is 18.0 Å². The number of aryl methyl sites for hydroxylation is 1. The van der Waals surface area contributed by atoms with Crippen molar-refractivity contribution in [2.45, 2.75) is 31.8 Å². The number of anilines is 1. The van der Waals surface area contributed by atoms with Crippen molar-refractivity contribution in [1.82, 2.24) is 9.97 Å². The molecule has 1 N–H and O–H groups in total. The van der Waals surface area contributed by atoms with Gasteiger partial charge in [-0.2, -0.15) is 0 Å². The highest BCUT2D eigenvalue weighted by Gasteiger charge is 2.36. The normalized spacial score (nSPS) is 17.2. The summed E-state index contributed by atoms with van der Waals surface area (Å²) in [6.07, 6.45) is 2.08. The predicted molar refractivity (Wildman–Crippen MR) is 104 cm³/mol. The minimum atomic E-state index is -0.872. The third-order valence-corrected chi connectivity index (χ3v) is 6.07. The van der Waals surface area contributed by atoms with Crippen molar-refractivity contribution in [3.63, 3.8) is 0 Å². The minimum Gasteiger partial charge on any atom is -0.385 e. The zero-order valence-corrected chi connectivity index (χ0v) is 15.6. The Morgan fingerprint density at radius 1 is 1.20 bits per heavy atom. The van der Waals surface area contributed by atoms with Crippen LogP contribution in [0.4, 0.5) is 5.82 Å². The van der Waals surface area contributed by atoms with E-state index in [2.05, 4.69) is 28.3 Å². The molecular formula is C19H20ClN3OS. The van der Waals surface area contributed by atoms with E-state index in [1.807, 2.05) is 24.3 Å². The summed E-state index contributed by atoms with van der Waals surface area (Å²) in [7, 11) is 0. The number of nitrogens with zero attached hydrogens (tertiary/aromatic N) is 3. The van der Waals surface area contributed by atoms with Crippen LogP contribution < -0.4 is 4.90 Å². The molecule has 2 aromatic heterocycles. The van der Waals surface area contributed by atoms with E-state index in [4.69, 9.17) is 16.6 Å². The van der Waals surface area contributed by atoms with Gasteiger partial charge in [-0.05, 0) is 30.4 Å². The Morgan fingerprint density at radius 3 is 2.68 bits per heavy atom. The standard InChI is InChI=1S/C19H20ClN3OS/c1-2-16-21-17(13-7-12-25-18(13)22-16)23-10-8-19(24,9-11-23)14-5-3-4-6-15(14)20/h3-7,12,24H,2,8-11H2,1H3. The van der Waals surface area contributed by atoms with Gasteiger partial charge in [-0.3, -0.25) is 0 Å². The molecule has 0 spiro atoms. The Hall–Kier alpha value is -1.69. The van der Waals surface area contributed by atoms with Crippen LogP contribution in [0.2, 0.25) is 5.02 Å². The van der Waals surface area contributed by atoms with E-state index in [9.17, 15) is 5.11 Å². The molecule has 1 fully saturated rings. The van der Waals surface area contributed by atoms with Gasteiger partial charge in [0, 0.05) is 30.1 Å². The second kappa shape index (κ2) is 6.56. The Balaban J connectivity index is 1.62. The van der Waals surface area contributed by atoms with Gasteiger partial charge < -0.3 is 10.0 Å². The average molecular weight is 374 g/mol. The lowest BCUT2D eigenvalue weighted by Gasteiger charge is -2.39. The van der Waals surface area contributed by atoms with Crippen molar-refractivity contribution in [1.29, 1.82) is 0 Å². The molecule has 1 aliphatic heterocycles. The molecule has 25 heavy (non-hydrogen) atoms. The number of thiophene rings is 1. The van der Waals surface area contributed by atoms with Crippen LogP contribution in [0.25, 0.3) is 10.2 Å². The van der Waals surface area contributed by atoms with E-state index in [0.717, 1.165) is 46.9 Å². The maximum absolute atomic E-state index is 11.1. The SMILES string of the molecule is CCc1nc(N2CCC(O)(c3ccccc3Cl)CC2)c2ccsc2n1. The van der Waals surface area contributed by atoms with E-state index < -0.39 is 5.60 Å². The first-order chi connectivity index (χ1) is 12.1. The number of hydrogen-bond acceptors (Lipinski definition) is 5. The molecule has 3 aromatic rings. The summed E-state index contributed by atoms with van der Waals surface area (Å²) in [6, 6.07) is 9.68. The third-order valence-electron chi connectivity index (χ3n) is 4.93. The predicted octanol–water partition coefficient (Wildman–Crippen LogP) is 4.40. The average Bonchev–Trinajstić information content (AvgIpc) is 3.10.